The second-order valence-electron chi connectivity index (χ2n) is 8.69. The Kier molecular flexibility index (Phi) is 4.37. The molecule has 5 rings (SSSR count). The fourth-order valence-electron chi connectivity index (χ4n) is 5.54. The topological polar surface area (TPSA) is 59.1 Å². The minimum absolute atomic E-state index is 0.0556. The van der Waals surface area contributed by atoms with Gasteiger partial charge in [-0.15, -0.1) is 0 Å². The van der Waals surface area contributed by atoms with Gasteiger partial charge in [0.25, 0.3) is 0 Å². The second kappa shape index (κ2) is 6.82. The number of imidazole rings is 1. The van der Waals surface area contributed by atoms with Crippen LogP contribution in [-0.2, 0) is 19.0 Å². The number of benzene rings is 1. The maximum absolute atomic E-state index is 11.6. The summed E-state index contributed by atoms with van der Waals surface area (Å²) < 4.78 is 4.13. The number of likely N-dealkylation sites (tertiary alicyclic amines) is 1. The minimum atomic E-state index is -0.436. The monoisotopic (exact) mass is 391 g/mol. The molecule has 0 unspecified atom stereocenters. The van der Waals surface area contributed by atoms with Crippen LogP contribution in [-0.4, -0.2) is 48.5 Å². The van der Waals surface area contributed by atoms with Crippen LogP contribution in [0.25, 0.3) is 0 Å². The molecule has 0 radical (unpaired) electrons. The maximum Gasteiger partial charge on any atom is 0.106 e. The number of hydrogen-bond donors (Lipinski definition) is 1. The average molecular weight is 392 g/mol. The highest BCUT2D eigenvalue weighted by molar-refractivity contribution is 5.46. The molecule has 0 saturated carbocycles. The minimum Gasteiger partial charge on any atom is -0.390 e. The van der Waals surface area contributed by atoms with Gasteiger partial charge in [-0.2, -0.15) is 5.10 Å². The summed E-state index contributed by atoms with van der Waals surface area (Å²) in [5.41, 5.74) is 4.70. The van der Waals surface area contributed by atoms with Gasteiger partial charge in [-0.1, -0.05) is 24.3 Å². The van der Waals surface area contributed by atoms with E-state index in [9.17, 15) is 5.11 Å². The zero-order chi connectivity index (χ0) is 20.2. The first kappa shape index (κ1) is 18.6. The highest BCUT2D eigenvalue weighted by Gasteiger charge is 2.53. The van der Waals surface area contributed by atoms with Gasteiger partial charge in [-0.05, 0) is 57.0 Å². The van der Waals surface area contributed by atoms with Crippen molar-refractivity contribution in [2.24, 2.45) is 7.05 Å². The van der Waals surface area contributed by atoms with E-state index < -0.39 is 6.10 Å². The molecule has 0 bridgehead atoms. The van der Waals surface area contributed by atoms with E-state index in [-0.39, 0.29) is 11.5 Å². The fraction of sp³-hybridized carbons (Fsp3) is 0.478. The van der Waals surface area contributed by atoms with Crippen LogP contribution in [0.3, 0.4) is 0 Å². The molecule has 2 aromatic heterocycles. The number of aliphatic hydroxyl groups excluding tert-OH is 1. The summed E-state index contributed by atoms with van der Waals surface area (Å²) in [6.45, 7) is 6.92. The lowest BCUT2D eigenvalue weighted by atomic mass is 9.72. The molecule has 0 amide bonds. The van der Waals surface area contributed by atoms with E-state index in [4.69, 9.17) is 0 Å². The van der Waals surface area contributed by atoms with Crippen molar-refractivity contribution in [3.63, 3.8) is 0 Å². The van der Waals surface area contributed by atoms with Crippen molar-refractivity contribution in [3.05, 3.63) is 71.1 Å². The second-order valence-corrected chi connectivity index (χ2v) is 8.69. The number of rotatable bonds is 3. The summed E-state index contributed by atoms with van der Waals surface area (Å²) in [4.78, 5) is 6.90. The maximum atomic E-state index is 11.6. The van der Waals surface area contributed by atoms with E-state index in [2.05, 4.69) is 49.9 Å². The van der Waals surface area contributed by atoms with Crippen LogP contribution in [0, 0.1) is 13.8 Å². The zero-order valence-electron chi connectivity index (χ0n) is 17.4. The van der Waals surface area contributed by atoms with E-state index >= 15 is 0 Å². The fourth-order valence-corrected chi connectivity index (χ4v) is 5.54. The normalized spacial score (nSPS) is 23.6. The third kappa shape index (κ3) is 2.85. The van der Waals surface area contributed by atoms with Gasteiger partial charge in [0.2, 0.25) is 0 Å². The average Bonchev–Trinajstić information content (AvgIpc) is 3.33. The van der Waals surface area contributed by atoms with Crippen molar-refractivity contribution in [1.82, 2.24) is 24.2 Å². The Hall–Kier alpha value is -2.44. The molecule has 2 atom stereocenters. The van der Waals surface area contributed by atoms with Crippen LogP contribution in [0.15, 0.2) is 42.7 Å². The molecule has 1 fully saturated rings. The molecule has 1 aromatic carbocycles. The Labute approximate surface area is 171 Å². The van der Waals surface area contributed by atoms with Crippen molar-refractivity contribution < 1.29 is 5.11 Å². The highest BCUT2D eigenvalue weighted by atomic mass is 16.3. The van der Waals surface area contributed by atoms with Gasteiger partial charge in [0.05, 0.1) is 23.5 Å². The molecule has 29 heavy (non-hydrogen) atoms. The largest absolute Gasteiger partial charge is 0.390 e. The van der Waals surface area contributed by atoms with Gasteiger partial charge >= 0.3 is 0 Å². The van der Waals surface area contributed by atoms with E-state index in [0.717, 1.165) is 44.0 Å². The molecule has 6 nitrogen and oxygen atoms in total. The quantitative estimate of drug-likeness (QED) is 0.746. The number of piperidine rings is 1. The molecule has 1 spiro atoms. The standard InChI is InChI=1S/C23H29N5O/c1-16-14-18(26(3)25-16)15-27-11-8-23(9-12-27)20-7-5-4-6-19(20)21(22(23)29)28-13-10-24-17(28)2/h4-7,10,13-14,21-22,29H,8-9,11-12,15H2,1-3H3/t21-,22+/m1/s1. The van der Waals surface area contributed by atoms with Crippen LogP contribution in [0.1, 0.15) is 47.2 Å². The Morgan fingerprint density at radius 1 is 1.17 bits per heavy atom. The lowest BCUT2D eigenvalue weighted by Gasteiger charge is -2.43. The first-order valence-electron chi connectivity index (χ1n) is 10.5. The van der Waals surface area contributed by atoms with Crippen molar-refractivity contribution in [2.75, 3.05) is 13.1 Å². The SMILES string of the molecule is Cc1cc(CN2CCC3(CC2)c2ccccc2[C@@H](n2ccnc2C)[C@@H]3O)n(C)n1. The molecule has 1 saturated heterocycles. The summed E-state index contributed by atoms with van der Waals surface area (Å²) >= 11 is 0. The Morgan fingerprint density at radius 3 is 2.59 bits per heavy atom. The van der Waals surface area contributed by atoms with E-state index in [1.54, 1.807) is 0 Å². The first-order valence-corrected chi connectivity index (χ1v) is 10.5. The Balaban J connectivity index is 1.42. The summed E-state index contributed by atoms with van der Waals surface area (Å²) in [6.07, 6.45) is 5.32. The molecular formula is C23H29N5O. The van der Waals surface area contributed by atoms with Crippen molar-refractivity contribution in [3.8, 4) is 0 Å². The summed E-state index contributed by atoms with van der Waals surface area (Å²) in [5.74, 6) is 0.949. The van der Waals surface area contributed by atoms with E-state index in [1.807, 2.05) is 38.0 Å². The van der Waals surface area contributed by atoms with Crippen LogP contribution in [0.4, 0.5) is 0 Å². The van der Waals surface area contributed by atoms with E-state index in [1.165, 1.54) is 16.8 Å². The van der Waals surface area contributed by atoms with Gasteiger partial charge in [0.1, 0.15) is 5.82 Å². The van der Waals surface area contributed by atoms with Gasteiger partial charge in [-0.3, -0.25) is 9.58 Å². The number of aryl methyl sites for hydroxylation is 3. The lowest BCUT2D eigenvalue weighted by Crippen LogP contribution is -2.48. The predicted molar refractivity (Wildman–Crippen MR) is 112 cm³/mol. The molecule has 6 heteroatoms. The molecule has 2 aliphatic rings. The Bertz CT molecular complexity index is 1030. The van der Waals surface area contributed by atoms with Crippen molar-refractivity contribution in [1.29, 1.82) is 0 Å². The molecule has 1 aliphatic carbocycles. The number of nitrogens with zero attached hydrogens (tertiary/aromatic N) is 5. The Morgan fingerprint density at radius 2 is 1.93 bits per heavy atom. The summed E-state index contributed by atoms with van der Waals surface area (Å²) in [5, 5.41) is 16.1. The number of fused-ring (bicyclic) bond motifs is 2. The molecule has 152 valence electrons. The summed E-state index contributed by atoms with van der Waals surface area (Å²) in [7, 11) is 2.02. The van der Waals surface area contributed by atoms with Crippen molar-refractivity contribution in [2.45, 2.75) is 50.8 Å². The third-order valence-electron chi connectivity index (χ3n) is 7.08. The number of aliphatic hydroxyl groups is 1. The van der Waals surface area contributed by atoms with Gasteiger partial charge in [0.15, 0.2) is 0 Å². The number of hydrogen-bond acceptors (Lipinski definition) is 4. The molecule has 1 aliphatic heterocycles. The molecule has 3 aromatic rings. The third-order valence-corrected chi connectivity index (χ3v) is 7.08. The summed E-state index contributed by atoms with van der Waals surface area (Å²) in [6, 6.07) is 10.7. The van der Waals surface area contributed by atoms with Gasteiger partial charge < -0.3 is 9.67 Å². The van der Waals surface area contributed by atoms with Gasteiger partial charge in [-0.25, -0.2) is 4.98 Å². The van der Waals surface area contributed by atoms with Crippen LogP contribution >= 0.6 is 0 Å². The van der Waals surface area contributed by atoms with Crippen LogP contribution in [0.2, 0.25) is 0 Å². The van der Waals surface area contributed by atoms with Crippen LogP contribution in [0.5, 0.6) is 0 Å². The van der Waals surface area contributed by atoms with E-state index in [0.29, 0.717) is 0 Å². The number of aromatic nitrogens is 4. The highest BCUT2D eigenvalue weighted by Crippen LogP contribution is 2.52. The first-order chi connectivity index (χ1) is 14.0. The van der Waals surface area contributed by atoms with Gasteiger partial charge in [0, 0.05) is 31.4 Å². The molecular weight excluding hydrogens is 362 g/mol. The lowest BCUT2D eigenvalue weighted by molar-refractivity contribution is 0.0197. The zero-order valence-corrected chi connectivity index (χ0v) is 17.4. The van der Waals surface area contributed by atoms with Crippen LogP contribution < -0.4 is 0 Å². The smallest absolute Gasteiger partial charge is 0.106 e. The predicted octanol–water partition coefficient (Wildman–Crippen LogP) is 2.73. The van der Waals surface area contributed by atoms with Crippen molar-refractivity contribution >= 4 is 0 Å². The molecule has 1 N–H and O–H groups in total. The molecule has 3 heterocycles.